The third-order valence-electron chi connectivity index (χ3n) is 5.99. The number of hydrogen-bond donors (Lipinski definition) is 0. The van der Waals surface area contributed by atoms with Gasteiger partial charge in [-0.05, 0) is 22.8 Å². The van der Waals surface area contributed by atoms with Gasteiger partial charge < -0.3 is 9.64 Å². The first-order valence-corrected chi connectivity index (χ1v) is 10.3. The van der Waals surface area contributed by atoms with Crippen molar-refractivity contribution in [2.45, 2.75) is 25.6 Å². The highest BCUT2D eigenvalue weighted by molar-refractivity contribution is 5.84. The summed E-state index contributed by atoms with van der Waals surface area (Å²) in [6.45, 7) is 4.62. The normalized spacial score (nSPS) is 19.9. The summed E-state index contributed by atoms with van der Waals surface area (Å²) in [4.78, 5) is 20.7. The maximum atomic E-state index is 11.4. The molecule has 0 spiro atoms. The lowest BCUT2D eigenvalue weighted by atomic mass is 9.91. The fraction of sp³-hybridized carbons (Fsp3) is 0.333. The minimum atomic E-state index is -0.104. The van der Waals surface area contributed by atoms with Gasteiger partial charge in [0.25, 0.3) is 0 Å². The molecule has 5 heteroatoms. The van der Waals surface area contributed by atoms with Crippen LogP contribution in [0.25, 0.3) is 10.9 Å². The van der Waals surface area contributed by atoms with E-state index < -0.39 is 0 Å². The molecule has 3 heterocycles. The van der Waals surface area contributed by atoms with Gasteiger partial charge in [-0.15, -0.1) is 0 Å². The molecule has 0 N–H and O–H groups in total. The standard InChI is InChI=1S/C24H25N3O2/c28-17-27-12-13-29-23(16-27)24-19-8-4-5-9-21(19)25-22-10-11-26(15-20(22)24)14-18-6-2-1-3-7-18/h1-9,17,23H,10-16H2. The molecule has 1 fully saturated rings. The number of pyridine rings is 1. The highest BCUT2D eigenvalue weighted by Gasteiger charge is 2.30. The second-order valence-electron chi connectivity index (χ2n) is 7.87. The molecule has 2 aromatic carbocycles. The molecule has 1 amide bonds. The molecule has 2 aliphatic heterocycles. The highest BCUT2D eigenvalue weighted by atomic mass is 16.5. The molecule has 0 aliphatic carbocycles. The second-order valence-corrected chi connectivity index (χ2v) is 7.87. The number of benzene rings is 2. The average molecular weight is 387 g/mol. The first kappa shape index (κ1) is 18.3. The Morgan fingerprint density at radius 3 is 2.76 bits per heavy atom. The van der Waals surface area contributed by atoms with Crippen LogP contribution in [0.3, 0.4) is 0 Å². The van der Waals surface area contributed by atoms with Crippen LogP contribution in [-0.2, 0) is 29.0 Å². The van der Waals surface area contributed by atoms with Crippen LogP contribution in [0.5, 0.6) is 0 Å². The third-order valence-corrected chi connectivity index (χ3v) is 5.99. The van der Waals surface area contributed by atoms with E-state index in [-0.39, 0.29) is 6.10 Å². The minimum Gasteiger partial charge on any atom is -0.370 e. The topological polar surface area (TPSA) is 45.7 Å². The highest BCUT2D eigenvalue weighted by Crippen LogP contribution is 2.35. The Kier molecular flexibility index (Phi) is 5.00. The Hall–Kier alpha value is -2.76. The van der Waals surface area contributed by atoms with Crippen molar-refractivity contribution in [3.8, 4) is 0 Å². The molecule has 2 aliphatic rings. The number of aromatic nitrogens is 1. The molecule has 0 bridgehead atoms. The lowest BCUT2D eigenvalue weighted by Gasteiger charge is -2.35. The van der Waals surface area contributed by atoms with Crippen molar-refractivity contribution in [3.63, 3.8) is 0 Å². The molecule has 1 aromatic heterocycles. The molecule has 0 radical (unpaired) electrons. The molecule has 0 saturated carbocycles. The molecule has 5 nitrogen and oxygen atoms in total. The molecule has 3 aromatic rings. The summed E-state index contributed by atoms with van der Waals surface area (Å²) in [6, 6.07) is 18.9. The lowest BCUT2D eigenvalue weighted by molar-refractivity contribution is -0.125. The van der Waals surface area contributed by atoms with E-state index in [1.54, 1.807) is 0 Å². The van der Waals surface area contributed by atoms with E-state index in [4.69, 9.17) is 9.72 Å². The number of fused-ring (bicyclic) bond motifs is 2. The van der Waals surface area contributed by atoms with Gasteiger partial charge in [-0.25, -0.2) is 0 Å². The minimum absolute atomic E-state index is 0.104. The summed E-state index contributed by atoms with van der Waals surface area (Å²) in [7, 11) is 0. The van der Waals surface area contributed by atoms with E-state index in [9.17, 15) is 4.79 Å². The molecular weight excluding hydrogens is 362 g/mol. The molecule has 29 heavy (non-hydrogen) atoms. The zero-order valence-electron chi connectivity index (χ0n) is 16.5. The Bertz CT molecular complexity index is 1020. The molecule has 1 unspecified atom stereocenters. The van der Waals surface area contributed by atoms with E-state index in [0.717, 1.165) is 43.4 Å². The number of nitrogens with zero attached hydrogens (tertiary/aromatic N) is 3. The average Bonchev–Trinajstić information content (AvgIpc) is 2.78. The number of ether oxygens (including phenoxy) is 1. The van der Waals surface area contributed by atoms with Crippen molar-refractivity contribution >= 4 is 17.3 Å². The van der Waals surface area contributed by atoms with E-state index in [1.165, 1.54) is 22.4 Å². The van der Waals surface area contributed by atoms with Crippen LogP contribution in [0.1, 0.15) is 28.5 Å². The van der Waals surface area contributed by atoms with Gasteiger partial charge in [-0.3, -0.25) is 14.7 Å². The Balaban J connectivity index is 1.54. The summed E-state index contributed by atoms with van der Waals surface area (Å²) in [5.41, 5.74) is 6.02. The van der Waals surface area contributed by atoms with Crippen LogP contribution in [0, 0.1) is 0 Å². The van der Waals surface area contributed by atoms with Crippen molar-refractivity contribution in [1.82, 2.24) is 14.8 Å². The van der Waals surface area contributed by atoms with Gasteiger partial charge in [0.05, 0.1) is 18.7 Å². The molecule has 148 valence electrons. The fourth-order valence-corrected chi connectivity index (χ4v) is 4.56. The van der Waals surface area contributed by atoms with Gasteiger partial charge in [0, 0.05) is 43.7 Å². The lowest BCUT2D eigenvalue weighted by Crippen LogP contribution is -2.39. The van der Waals surface area contributed by atoms with Crippen molar-refractivity contribution in [1.29, 1.82) is 0 Å². The first-order chi connectivity index (χ1) is 14.3. The molecule has 1 saturated heterocycles. The fourth-order valence-electron chi connectivity index (χ4n) is 4.56. The summed E-state index contributed by atoms with van der Waals surface area (Å²) >= 11 is 0. The monoisotopic (exact) mass is 387 g/mol. The van der Waals surface area contributed by atoms with Crippen LogP contribution >= 0.6 is 0 Å². The number of carbonyl (C=O) groups excluding carboxylic acids is 1. The van der Waals surface area contributed by atoms with Gasteiger partial charge in [-0.1, -0.05) is 48.5 Å². The predicted octanol–water partition coefficient (Wildman–Crippen LogP) is 3.32. The number of morpholine rings is 1. The number of para-hydroxylation sites is 1. The van der Waals surface area contributed by atoms with Gasteiger partial charge in [0.2, 0.25) is 6.41 Å². The second kappa shape index (κ2) is 7.93. The third kappa shape index (κ3) is 3.63. The van der Waals surface area contributed by atoms with Crippen LogP contribution in [-0.4, -0.2) is 47.4 Å². The zero-order valence-corrected chi connectivity index (χ0v) is 16.5. The summed E-state index contributed by atoms with van der Waals surface area (Å²) in [6.07, 6.45) is 1.77. The number of hydrogen-bond acceptors (Lipinski definition) is 4. The molecule has 1 atom stereocenters. The molecular formula is C24H25N3O2. The van der Waals surface area contributed by atoms with Gasteiger partial charge >= 0.3 is 0 Å². The predicted molar refractivity (Wildman–Crippen MR) is 112 cm³/mol. The largest absolute Gasteiger partial charge is 0.370 e. The van der Waals surface area contributed by atoms with E-state index in [2.05, 4.69) is 53.4 Å². The molecule has 5 rings (SSSR count). The maximum Gasteiger partial charge on any atom is 0.209 e. The Labute approximate surface area is 170 Å². The smallest absolute Gasteiger partial charge is 0.209 e. The quantitative estimate of drug-likeness (QED) is 0.645. The maximum absolute atomic E-state index is 11.4. The number of carbonyl (C=O) groups is 1. The summed E-state index contributed by atoms with van der Waals surface area (Å²) < 4.78 is 6.18. The van der Waals surface area contributed by atoms with Crippen LogP contribution in [0.2, 0.25) is 0 Å². The van der Waals surface area contributed by atoms with Crippen molar-refractivity contribution < 1.29 is 9.53 Å². The van der Waals surface area contributed by atoms with Gasteiger partial charge in [0.15, 0.2) is 0 Å². The van der Waals surface area contributed by atoms with Gasteiger partial charge in [0.1, 0.15) is 6.10 Å². The van der Waals surface area contributed by atoms with E-state index in [0.29, 0.717) is 19.7 Å². The van der Waals surface area contributed by atoms with Crippen LogP contribution in [0.15, 0.2) is 54.6 Å². The van der Waals surface area contributed by atoms with Crippen LogP contribution < -0.4 is 0 Å². The van der Waals surface area contributed by atoms with Crippen molar-refractivity contribution in [2.75, 3.05) is 26.2 Å². The first-order valence-electron chi connectivity index (χ1n) is 10.3. The Morgan fingerprint density at radius 1 is 1.07 bits per heavy atom. The number of amides is 1. The summed E-state index contributed by atoms with van der Waals surface area (Å²) in [5.74, 6) is 0. The van der Waals surface area contributed by atoms with Crippen molar-refractivity contribution in [2.24, 2.45) is 0 Å². The SMILES string of the molecule is O=CN1CCOC(c2c3c(nc4ccccc24)CCN(Cc2ccccc2)C3)C1. The summed E-state index contributed by atoms with van der Waals surface area (Å²) in [5, 5.41) is 1.14. The van der Waals surface area contributed by atoms with Crippen LogP contribution in [0.4, 0.5) is 0 Å². The Morgan fingerprint density at radius 2 is 1.90 bits per heavy atom. The number of rotatable bonds is 4. The van der Waals surface area contributed by atoms with Gasteiger partial charge in [-0.2, -0.15) is 0 Å². The zero-order chi connectivity index (χ0) is 19.6. The van der Waals surface area contributed by atoms with Crippen molar-refractivity contribution in [3.05, 3.63) is 77.0 Å². The van der Waals surface area contributed by atoms with E-state index >= 15 is 0 Å². The van der Waals surface area contributed by atoms with E-state index in [1.807, 2.05) is 11.0 Å².